The molecule has 0 atom stereocenters. The van der Waals surface area contributed by atoms with E-state index in [1.807, 2.05) is 92.7 Å². The van der Waals surface area contributed by atoms with Crippen LogP contribution in [0.2, 0.25) is 0 Å². The summed E-state index contributed by atoms with van der Waals surface area (Å²) in [6.07, 6.45) is 1.72. The van der Waals surface area contributed by atoms with Crippen LogP contribution in [0.3, 0.4) is 0 Å². The Labute approximate surface area is 394 Å². The van der Waals surface area contributed by atoms with Crippen LogP contribution >= 0.6 is 0 Å². The first-order valence-corrected chi connectivity index (χ1v) is 22.1. The Morgan fingerprint density at radius 2 is 1.16 bits per heavy atom. The molecule has 1 N–H and O–H groups in total. The summed E-state index contributed by atoms with van der Waals surface area (Å²) >= 11 is 0. The van der Waals surface area contributed by atoms with E-state index in [2.05, 4.69) is 103 Å². The number of hydrogen-bond donors (Lipinski definition) is 1. The van der Waals surface area contributed by atoms with Gasteiger partial charge in [-0.3, -0.25) is 9.55 Å². The molecule has 4 nitrogen and oxygen atoms in total. The molecule has 326 valence electrons. The van der Waals surface area contributed by atoms with Crippen molar-refractivity contribution < 1.29 is 17.4 Å². The van der Waals surface area contributed by atoms with Gasteiger partial charge in [-0.1, -0.05) is 174 Å². The Balaban J connectivity index is 1.55. The monoisotopic (exact) mass is 853 g/mol. The van der Waals surface area contributed by atoms with E-state index in [0.717, 1.165) is 55.8 Å². The molecule has 2 heterocycles. The zero-order chi connectivity index (χ0) is 53.6. The van der Waals surface area contributed by atoms with Crippen molar-refractivity contribution in [3.63, 3.8) is 0 Å². The molecular formula is C60H65N3O. The first-order chi connectivity index (χ1) is 33.8. The van der Waals surface area contributed by atoms with Crippen LogP contribution in [0.1, 0.15) is 129 Å². The summed E-state index contributed by atoms with van der Waals surface area (Å²) in [5.41, 5.74) is 7.23. The highest BCUT2D eigenvalue weighted by molar-refractivity contribution is 5.97. The minimum absolute atomic E-state index is 0.0778. The Hall–Kier alpha value is -6.26. The summed E-state index contributed by atoms with van der Waals surface area (Å²) in [7, 11) is 0. The summed E-state index contributed by atoms with van der Waals surface area (Å²) in [6, 6.07) is 40.6. The second-order valence-electron chi connectivity index (χ2n) is 20.4. The smallest absolute Gasteiger partial charge is 0.149 e. The number of nitrogens with zero attached hydrogens (tertiary/aromatic N) is 3. The number of phenols is 1. The molecule has 0 saturated carbocycles. The van der Waals surface area contributed by atoms with E-state index in [1.54, 1.807) is 6.20 Å². The van der Waals surface area contributed by atoms with Crippen molar-refractivity contribution in [1.29, 1.82) is 0 Å². The number of benzene rings is 6. The van der Waals surface area contributed by atoms with Crippen molar-refractivity contribution in [3.8, 4) is 67.5 Å². The molecule has 4 heteroatoms. The number of para-hydroxylation sites is 1. The normalized spacial score (nSPS) is 15.3. The standard InChI is InChI=1S/C60H65N3O/c1-37-36-61-53(38(2)52(37)40-24-19-16-20-25-40)43-30-42(31-44(32-43)57(3,4)5)46-26-21-27-51-54(46)62-56(47-34-45(58(6,7)8)35-49(55(47)64)60(12,13)14)63(51)50-29-28-41(33-48(50)59(9,10)11)39-22-17-15-18-23-39/h15-36,64H,1-14H3/i3D3,4D3,5D3. The van der Waals surface area contributed by atoms with Crippen LogP contribution in [0.15, 0.2) is 134 Å². The molecule has 0 saturated heterocycles. The Bertz CT molecular complexity index is 3350. The van der Waals surface area contributed by atoms with E-state index in [0.29, 0.717) is 44.8 Å². The van der Waals surface area contributed by atoms with Crippen molar-refractivity contribution >= 4 is 11.0 Å². The molecule has 6 aromatic carbocycles. The Morgan fingerprint density at radius 1 is 0.531 bits per heavy atom. The highest BCUT2D eigenvalue weighted by Crippen LogP contribution is 2.46. The van der Waals surface area contributed by atoms with Crippen LogP contribution in [0, 0.1) is 13.8 Å². The van der Waals surface area contributed by atoms with E-state index in [1.165, 1.54) is 12.1 Å². The lowest BCUT2D eigenvalue weighted by Crippen LogP contribution is -2.18. The lowest BCUT2D eigenvalue weighted by atomic mass is 9.78. The molecule has 0 radical (unpaired) electrons. The van der Waals surface area contributed by atoms with Crippen LogP contribution < -0.4 is 0 Å². The predicted molar refractivity (Wildman–Crippen MR) is 272 cm³/mol. The third-order valence-electron chi connectivity index (χ3n) is 12.4. The van der Waals surface area contributed by atoms with Gasteiger partial charge in [0, 0.05) is 35.2 Å². The van der Waals surface area contributed by atoms with Gasteiger partial charge in [-0.05, 0) is 128 Å². The third kappa shape index (κ3) is 8.31. The van der Waals surface area contributed by atoms with Gasteiger partial charge >= 0.3 is 0 Å². The summed E-state index contributed by atoms with van der Waals surface area (Å²) in [4.78, 5) is 10.4. The predicted octanol–water partition coefficient (Wildman–Crippen LogP) is 16.3. The quantitative estimate of drug-likeness (QED) is 0.181. The van der Waals surface area contributed by atoms with Gasteiger partial charge in [-0.15, -0.1) is 0 Å². The number of imidazole rings is 1. The maximum Gasteiger partial charge on any atom is 0.149 e. The van der Waals surface area contributed by atoms with E-state index in [-0.39, 0.29) is 11.2 Å². The van der Waals surface area contributed by atoms with E-state index in [4.69, 9.17) is 22.3 Å². The van der Waals surface area contributed by atoms with Crippen molar-refractivity contribution in [2.75, 3.05) is 0 Å². The first kappa shape index (κ1) is 34.2. The highest BCUT2D eigenvalue weighted by atomic mass is 16.3. The lowest BCUT2D eigenvalue weighted by Gasteiger charge is -2.28. The number of rotatable bonds is 6. The maximum atomic E-state index is 12.6. The summed E-state index contributed by atoms with van der Waals surface area (Å²) < 4.78 is 81.7. The molecule has 64 heavy (non-hydrogen) atoms. The van der Waals surface area contributed by atoms with E-state index >= 15 is 0 Å². The average molecular weight is 853 g/mol. The van der Waals surface area contributed by atoms with Gasteiger partial charge in [-0.25, -0.2) is 4.98 Å². The lowest BCUT2D eigenvalue weighted by molar-refractivity contribution is 0.446. The fraction of sp³-hybridized carbons (Fsp3) is 0.300. The topological polar surface area (TPSA) is 50.9 Å². The minimum atomic E-state index is -3.54. The third-order valence-corrected chi connectivity index (χ3v) is 12.4. The number of aromatic nitrogens is 3. The van der Waals surface area contributed by atoms with E-state index in [9.17, 15) is 5.11 Å². The number of phenolic OH excluding ortho intramolecular Hbond substituents is 1. The van der Waals surface area contributed by atoms with Gasteiger partial charge in [-0.2, -0.15) is 0 Å². The fourth-order valence-corrected chi connectivity index (χ4v) is 8.92. The largest absolute Gasteiger partial charge is 0.507 e. The van der Waals surface area contributed by atoms with Gasteiger partial charge in [0.1, 0.15) is 11.6 Å². The number of aromatic hydroxyl groups is 1. The molecule has 0 unspecified atom stereocenters. The van der Waals surface area contributed by atoms with Gasteiger partial charge in [0.05, 0.1) is 28.0 Å². The maximum absolute atomic E-state index is 12.6. The SMILES string of the molecule is [2H]C([2H])([2H])C(c1cc(-c2ncc(C)c(-c3ccccc3)c2C)cc(-c2cccc3c2nc(-c2cc(C(C)(C)C)cc(C(C)(C)C)c2O)n3-c2ccc(-c3ccccc3)cc2C(C)(C)C)c1)(C([2H])([2H])[2H])C([2H])([2H])[2H]. The van der Waals surface area contributed by atoms with Gasteiger partial charge in [0.2, 0.25) is 0 Å². The van der Waals surface area contributed by atoms with Gasteiger partial charge < -0.3 is 5.11 Å². The molecule has 0 amide bonds. The first-order valence-electron chi connectivity index (χ1n) is 26.6. The van der Waals surface area contributed by atoms with Crippen molar-refractivity contribution in [2.45, 2.75) is 118 Å². The second kappa shape index (κ2) is 16.1. The van der Waals surface area contributed by atoms with Crippen LogP contribution in [0.4, 0.5) is 0 Å². The Kier molecular flexibility index (Phi) is 8.58. The molecule has 0 aliphatic carbocycles. The molecule has 8 rings (SSSR count). The molecule has 2 aromatic heterocycles. The van der Waals surface area contributed by atoms with Crippen LogP contribution in [-0.2, 0) is 21.7 Å². The molecular weight excluding hydrogens is 779 g/mol. The molecule has 0 aliphatic rings. The van der Waals surface area contributed by atoms with Gasteiger partial charge in [0.15, 0.2) is 0 Å². The number of fused-ring (bicyclic) bond motifs is 1. The van der Waals surface area contributed by atoms with Crippen molar-refractivity contribution in [1.82, 2.24) is 14.5 Å². The number of aryl methyl sites for hydroxylation is 1. The van der Waals surface area contributed by atoms with Crippen LogP contribution in [-0.4, -0.2) is 19.6 Å². The molecule has 0 fully saturated rings. The Morgan fingerprint density at radius 3 is 1.78 bits per heavy atom. The highest BCUT2D eigenvalue weighted by Gasteiger charge is 2.31. The zero-order valence-electron chi connectivity index (χ0n) is 48.0. The van der Waals surface area contributed by atoms with Gasteiger partial charge in [0.25, 0.3) is 0 Å². The summed E-state index contributed by atoms with van der Waals surface area (Å²) in [6.45, 7) is 12.3. The molecule has 0 spiro atoms. The molecule has 8 aromatic rings. The van der Waals surface area contributed by atoms with Crippen molar-refractivity contribution in [2.24, 2.45) is 0 Å². The van der Waals surface area contributed by atoms with Crippen LogP contribution in [0.5, 0.6) is 5.75 Å². The number of pyridine rings is 1. The zero-order valence-corrected chi connectivity index (χ0v) is 39.0. The van der Waals surface area contributed by atoms with Crippen molar-refractivity contribution in [3.05, 3.63) is 167 Å². The minimum Gasteiger partial charge on any atom is -0.507 e. The fourth-order valence-electron chi connectivity index (χ4n) is 8.92. The van der Waals surface area contributed by atoms with Crippen LogP contribution in [0.25, 0.3) is 72.7 Å². The summed E-state index contributed by atoms with van der Waals surface area (Å²) in [5.74, 6) is 0.519. The molecule has 0 bridgehead atoms. The average Bonchev–Trinajstić information content (AvgIpc) is 3.66. The number of hydrogen-bond acceptors (Lipinski definition) is 3. The second-order valence-corrected chi connectivity index (χ2v) is 20.4. The summed E-state index contributed by atoms with van der Waals surface area (Å²) in [5, 5.41) is 12.6. The van der Waals surface area contributed by atoms with E-state index < -0.39 is 42.4 Å². The molecule has 0 aliphatic heterocycles.